The van der Waals surface area contributed by atoms with Crippen molar-refractivity contribution in [3.05, 3.63) is 64.6 Å². The second kappa shape index (κ2) is 8.32. The van der Waals surface area contributed by atoms with Crippen molar-refractivity contribution in [2.75, 3.05) is 13.2 Å². The molecule has 9 heteroatoms. The van der Waals surface area contributed by atoms with Gasteiger partial charge in [-0.05, 0) is 37.6 Å². The van der Waals surface area contributed by atoms with Gasteiger partial charge in [-0.2, -0.15) is 0 Å². The smallest absolute Gasteiger partial charge is 0.293 e. The van der Waals surface area contributed by atoms with Crippen LogP contribution in [0.15, 0.2) is 30.5 Å². The van der Waals surface area contributed by atoms with Gasteiger partial charge in [0, 0.05) is 6.20 Å². The molecule has 0 fully saturated rings. The van der Waals surface area contributed by atoms with Crippen molar-refractivity contribution in [3.63, 3.8) is 0 Å². The third kappa shape index (κ3) is 3.95. The summed E-state index contributed by atoms with van der Waals surface area (Å²) in [6, 6.07) is 5.26. The number of nitrogens with zero attached hydrogens (tertiary/aromatic N) is 2. The fourth-order valence-corrected chi connectivity index (χ4v) is 2.77. The molecule has 0 aliphatic carbocycles. The summed E-state index contributed by atoms with van der Waals surface area (Å²) in [6.07, 6.45) is 1.69. The van der Waals surface area contributed by atoms with Gasteiger partial charge in [0.2, 0.25) is 0 Å². The molecule has 2 N–H and O–H groups in total. The minimum Gasteiger partial charge on any atom is -0.485 e. The lowest BCUT2D eigenvalue weighted by atomic mass is 10.2. The number of halogens is 2. The van der Waals surface area contributed by atoms with Crippen LogP contribution < -0.4 is 10.2 Å². The summed E-state index contributed by atoms with van der Waals surface area (Å²) in [6.45, 7) is 2.81. The molecule has 0 bridgehead atoms. The van der Waals surface area contributed by atoms with Crippen molar-refractivity contribution in [2.24, 2.45) is 0 Å². The summed E-state index contributed by atoms with van der Waals surface area (Å²) < 4.78 is 34.8. The number of hydroxylamine groups is 1. The monoisotopic (exact) mass is 391 g/mol. The van der Waals surface area contributed by atoms with Gasteiger partial charge < -0.3 is 9.84 Å². The highest BCUT2D eigenvalue weighted by Gasteiger charge is 2.20. The summed E-state index contributed by atoms with van der Waals surface area (Å²) in [5.41, 5.74) is 3.75. The number of pyridine rings is 1. The Morgan fingerprint density at radius 3 is 2.68 bits per heavy atom. The molecule has 0 saturated carbocycles. The molecular weight excluding hydrogens is 372 g/mol. The van der Waals surface area contributed by atoms with Gasteiger partial charge >= 0.3 is 0 Å². The van der Waals surface area contributed by atoms with Crippen LogP contribution in [0.2, 0.25) is 0 Å². The molecule has 2 aromatic heterocycles. The average molecular weight is 391 g/mol. The third-order valence-electron chi connectivity index (χ3n) is 4.00. The van der Waals surface area contributed by atoms with E-state index in [4.69, 9.17) is 14.7 Å². The lowest BCUT2D eigenvalue weighted by molar-refractivity contribution is 0.0163. The van der Waals surface area contributed by atoms with Gasteiger partial charge in [0.15, 0.2) is 11.4 Å². The number of ether oxygens (including phenoxy) is 1. The van der Waals surface area contributed by atoms with Gasteiger partial charge in [-0.25, -0.2) is 19.2 Å². The van der Waals surface area contributed by atoms with Crippen LogP contribution in [-0.2, 0) is 11.4 Å². The molecule has 3 aromatic rings. The van der Waals surface area contributed by atoms with E-state index in [0.717, 1.165) is 17.7 Å². The van der Waals surface area contributed by atoms with Crippen LogP contribution in [-0.4, -0.2) is 33.6 Å². The fourth-order valence-electron chi connectivity index (χ4n) is 2.77. The zero-order valence-corrected chi connectivity index (χ0v) is 15.3. The van der Waals surface area contributed by atoms with Crippen molar-refractivity contribution in [3.8, 4) is 5.75 Å². The molecule has 0 atom stereocenters. The minimum absolute atomic E-state index is 0.0525. The molecule has 0 radical (unpaired) electrons. The fraction of sp³-hybridized carbons (Fsp3) is 0.263. The van der Waals surface area contributed by atoms with Crippen LogP contribution in [0.25, 0.3) is 5.65 Å². The Balaban J connectivity index is 1.94. The molecule has 0 aliphatic heterocycles. The van der Waals surface area contributed by atoms with E-state index in [0.29, 0.717) is 11.3 Å². The Morgan fingerprint density at radius 2 is 2.00 bits per heavy atom. The number of carbonyl (C=O) groups is 1. The quantitative estimate of drug-likeness (QED) is 0.477. The van der Waals surface area contributed by atoms with E-state index in [-0.39, 0.29) is 36.8 Å². The third-order valence-corrected chi connectivity index (χ3v) is 4.00. The Bertz CT molecular complexity index is 1000. The predicted octanol–water partition coefficient (Wildman–Crippen LogP) is 2.46. The maximum Gasteiger partial charge on any atom is 0.293 e. The van der Waals surface area contributed by atoms with Crippen molar-refractivity contribution >= 4 is 11.6 Å². The molecule has 3 rings (SSSR count). The maximum atomic E-state index is 13.8. The molecule has 0 unspecified atom stereocenters. The number of aliphatic hydroxyl groups excluding tert-OH is 1. The number of amides is 1. The Kier molecular flexibility index (Phi) is 5.86. The molecular formula is C19H19F2N3O4. The Labute approximate surface area is 159 Å². The number of hydrogen-bond donors (Lipinski definition) is 2. The van der Waals surface area contributed by atoms with E-state index in [1.54, 1.807) is 26.1 Å². The molecule has 7 nitrogen and oxygen atoms in total. The van der Waals surface area contributed by atoms with Crippen molar-refractivity contribution in [2.45, 2.75) is 20.5 Å². The lowest BCUT2D eigenvalue weighted by Crippen LogP contribution is -2.27. The number of imidazole rings is 1. The molecule has 1 amide bonds. The van der Waals surface area contributed by atoms with Gasteiger partial charge in [-0.15, -0.1) is 0 Å². The van der Waals surface area contributed by atoms with E-state index in [2.05, 4.69) is 10.5 Å². The summed E-state index contributed by atoms with van der Waals surface area (Å²) >= 11 is 0. The van der Waals surface area contributed by atoms with Crippen LogP contribution in [0.1, 0.15) is 27.3 Å². The SMILES string of the molecule is Cc1cc(OCc2c(F)cccc2F)c2nc(C)c(C(=O)NOCCO)n2c1. The lowest BCUT2D eigenvalue weighted by Gasteiger charge is -2.11. The first kappa shape index (κ1) is 19.7. The van der Waals surface area contributed by atoms with Crippen molar-refractivity contribution in [1.29, 1.82) is 0 Å². The second-order valence-electron chi connectivity index (χ2n) is 6.11. The van der Waals surface area contributed by atoms with Crippen LogP contribution in [0.3, 0.4) is 0 Å². The average Bonchev–Trinajstić information content (AvgIpc) is 2.97. The highest BCUT2D eigenvalue weighted by Crippen LogP contribution is 2.26. The van der Waals surface area contributed by atoms with Crippen LogP contribution in [0.4, 0.5) is 8.78 Å². The molecule has 148 valence electrons. The van der Waals surface area contributed by atoms with E-state index in [9.17, 15) is 13.6 Å². The first-order valence-corrected chi connectivity index (χ1v) is 8.50. The summed E-state index contributed by atoms with van der Waals surface area (Å²) in [5, 5.41) is 8.74. The number of aromatic nitrogens is 2. The van der Waals surface area contributed by atoms with Gasteiger partial charge in [-0.3, -0.25) is 14.0 Å². The summed E-state index contributed by atoms with van der Waals surface area (Å²) in [7, 11) is 0. The van der Waals surface area contributed by atoms with E-state index in [1.807, 2.05) is 0 Å². The first-order chi connectivity index (χ1) is 13.4. The Hall–Kier alpha value is -3.04. The van der Waals surface area contributed by atoms with E-state index >= 15 is 0 Å². The molecule has 0 spiro atoms. The largest absolute Gasteiger partial charge is 0.485 e. The van der Waals surface area contributed by atoms with E-state index in [1.165, 1.54) is 10.5 Å². The number of nitrogens with one attached hydrogen (secondary N) is 1. The van der Waals surface area contributed by atoms with Gasteiger partial charge in [0.25, 0.3) is 5.91 Å². The number of aryl methyl sites for hydroxylation is 2. The van der Waals surface area contributed by atoms with Gasteiger partial charge in [0.1, 0.15) is 23.9 Å². The number of hydrogen-bond acceptors (Lipinski definition) is 5. The zero-order valence-electron chi connectivity index (χ0n) is 15.3. The summed E-state index contributed by atoms with van der Waals surface area (Å²) in [4.78, 5) is 21.6. The predicted molar refractivity (Wildman–Crippen MR) is 95.9 cm³/mol. The van der Waals surface area contributed by atoms with Crippen LogP contribution in [0.5, 0.6) is 5.75 Å². The normalized spacial score (nSPS) is 11.0. The highest BCUT2D eigenvalue weighted by atomic mass is 19.1. The van der Waals surface area contributed by atoms with Crippen molar-refractivity contribution < 1.29 is 28.3 Å². The molecule has 0 saturated heterocycles. The van der Waals surface area contributed by atoms with Crippen molar-refractivity contribution in [1.82, 2.24) is 14.9 Å². The van der Waals surface area contributed by atoms with Gasteiger partial charge in [0.05, 0.1) is 24.5 Å². The zero-order chi connectivity index (χ0) is 20.3. The van der Waals surface area contributed by atoms with Gasteiger partial charge in [-0.1, -0.05) is 6.07 Å². The highest BCUT2D eigenvalue weighted by molar-refractivity contribution is 5.94. The number of aliphatic hydroxyl groups is 1. The molecule has 1 aromatic carbocycles. The number of benzene rings is 1. The number of rotatable bonds is 7. The second-order valence-corrected chi connectivity index (χ2v) is 6.11. The van der Waals surface area contributed by atoms with Crippen LogP contribution >= 0.6 is 0 Å². The minimum atomic E-state index is -0.704. The first-order valence-electron chi connectivity index (χ1n) is 8.50. The van der Waals surface area contributed by atoms with Crippen LogP contribution in [0, 0.1) is 25.5 Å². The maximum absolute atomic E-state index is 13.8. The standard InChI is InChI=1S/C19H19F2N3O4/c1-11-8-16(27-10-13-14(20)4-3-5-15(13)21)18-22-12(2)17(24(18)9-11)19(26)23-28-7-6-25/h3-5,8-9,25H,6-7,10H2,1-2H3,(H,23,26). The molecule has 0 aliphatic rings. The molecule has 28 heavy (non-hydrogen) atoms. The summed E-state index contributed by atoms with van der Waals surface area (Å²) in [5.74, 6) is -1.68. The Morgan fingerprint density at radius 1 is 1.29 bits per heavy atom. The number of fused-ring (bicyclic) bond motifs is 1. The molecule has 2 heterocycles. The topological polar surface area (TPSA) is 85.1 Å². The van der Waals surface area contributed by atoms with E-state index < -0.39 is 17.5 Å². The number of carbonyl (C=O) groups excluding carboxylic acids is 1.